The summed E-state index contributed by atoms with van der Waals surface area (Å²) in [6, 6.07) is 74.4. The summed E-state index contributed by atoms with van der Waals surface area (Å²) in [5.41, 5.74) is 5.26. The minimum Gasteiger partial charge on any atom is -0.485 e. The zero-order valence-corrected chi connectivity index (χ0v) is 59.0. The average Bonchev–Trinajstić information content (AvgIpc) is 0.774. The van der Waals surface area contributed by atoms with Crippen LogP contribution in [-0.2, 0) is 93.6 Å². The van der Waals surface area contributed by atoms with Crippen LogP contribution in [0.3, 0.4) is 0 Å². The Hall–Kier alpha value is -11.5. The molecule has 0 radical (unpaired) electrons. The summed E-state index contributed by atoms with van der Waals surface area (Å²) in [4.78, 5) is 46.3. The van der Waals surface area contributed by atoms with Crippen molar-refractivity contribution in [1.82, 2.24) is 0 Å². The highest BCUT2D eigenvalue weighted by atomic mass is 16.7. The standard InChI is InChI=1S/C84H82O22/c1-88-54-100-70-40-65(41-71(101-55-89-2)76(70)95-49-61-32-18-8-19-33-61)81(85)99-53-74-78(105-82(86)66-44-72(102-56-90-3)77(73(45-66)103-57-91-4)96-50-62-34-20-9-21-35-62)79(97-51-63-36-22-10-23-37-63)80(98-52-64-38-24-11-25-39-64)84(104-74)106-83(87)67-42-68(92-46-58-26-12-5-13-27-58)75(94-48-60-30-16-7-17-31-60)69(43-67)93-47-59-28-14-6-15-29-59/h5-45,74,78-80,84H,46-57H2,1-4H3/t74-,78-,79+,80-,84-/m1/s1. The van der Waals surface area contributed by atoms with Crippen molar-refractivity contribution in [3.05, 3.63) is 304 Å². The van der Waals surface area contributed by atoms with Gasteiger partial charge in [0.25, 0.3) is 0 Å². The van der Waals surface area contributed by atoms with Gasteiger partial charge in [0, 0.05) is 28.4 Å². The number of hydrogen-bond donors (Lipinski definition) is 0. The Balaban J connectivity index is 1.02. The number of ether oxygens (including phenoxy) is 19. The van der Waals surface area contributed by atoms with E-state index in [0.29, 0.717) is 11.1 Å². The van der Waals surface area contributed by atoms with Crippen LogP contribution in [0.25, 0.3) is 0 Å². The molecule has 0 N–H and O–H groups in total. The Morgan fingerprint density at radius 2 is 0.557 bits per heavy atom. The SMILES string of the molecule is COCOc1cc(C(=O)OC[C@H]2O[C@H](OC(=O)c3cc(OCc4ccccc4)c(OCc4ccccc4)c(OCc4ccccc4)c3)[C@H](OCc3ccccc3)[C@@H](OCc3ccccc3)[C@@H]2OC(=O)c2cc(OCOC)c(OCc3ccccc3)c(OCOC)c2)cc(OCOC)c1OCc1ccccc1. The third kappa shape index (κ3) is 21.8. The van der Waals surface area contributed by atoms with Gasteiger partial charge >= 0.3 is 17.9 Å². The highest BCUT2D eigenvalue weighted by molar-refractivity contribution is 5.93. The number of carbonyl (C=O) groups excluding carboxylic acids is 3. The number of benzene rings is 10. The molecule has 10 aromatic rings. The molecule has 0 spiro atoms. The Morgan fingerprint density at radius 1 is 0.292 bits per heavy atom. The van der Waals surface area contributed by atoms with Gasteiger partial charge in [-0.2, -0.15) is 0 Å². The van der Waals surface area contributed by atoms with E-state index in [1.54, 1.807) is 0 Å². The lowest BCUT2D eigenvalue weighted by Crippen LogP contribution is -2.62. The van der Waals surface area contributed by atoms with Crippen molar-refractivity contribution in [2.45, 2.75) is 77.0 Å². The Bertz CT molecular complexity index is 4210. The molecule has 22 heteroatoms. The molecule has 0 unspecified atom stereocenters. The minimum absolute atomic E-state index is 0.0360. The number of carbonyl (C=O) groups is 3. The van der Waals surface area contributed by atoms with Crippen molar-refractivity contribution >= 4 is 17.9 Å². The summed E-state index contributed by atoms with van der Waals surface area (Å²) in [5, 5.41) is 0. The molecule has 106 heavy (non-hydrogen) atoms. The van der Waals surface area contributed by atoms with Crippen molar-refractivity contribution in [3.8, 4) is 51.7 Å². The topological polar surface area (TPSA) is 227 Å². The summed E-state index contributed by atoms with van der Waals surface area (Å²) in [7, 11) is 5.75. The summed E-state index contributed by atoms with van der Waals surface area (Å²) >= 11 is 0. The molecule has 5 atom stereocenters. The minimum atomic E-state index is -1.76. The first-order valence-corrected chi connectivity index (χ1v) is 34.0. The van der Waals surface area contributed by atoms with E-state index >= 15 is 14.4 Å². The summed E-state index contributed by atoms with van der Waals surface area (Å²) < 4.78 is 119. The molecule has 1 fully saturated rings. The Kier molecular flexibility index (Phi) is 28.5. The van der Waals surface area contributed by atoms with Gasteiger partial charge in [-0.05, 0) is 75.3 Å². The molecular weight excluding hydrogens is 1360 g/mol. The molecule has 1 aliphatic rings. The highest BCUT2D eigenvalue weighted by Crippen LogP contribution is 2.44. The molecule has 0 amide bonds. The lowest BCUT2D eigenvalue weighted by Gasteiger charge is -2.44. The van der Waals surface area contributed by atoms with Crippen LogP contribution in [0.4, 0.5) is 0 Å². The molecule has 22 nitrogen and oxygen atoms in total. The predicted octanol–water partition coefficient (Wildman–Crippen LogP) is 14.6. The first-order valence-electron chi connectivity index (χ1n) is 34.0. The van der Waals surface area contributed by atoms with Crippen LogP contribution < -0.4 is 42.6 Å². The van der Waals surface area contributed by atoms with Gasteiger partial charge in [-0.3, -0.25) is 0 Å². The molecule has 550 valence electrons. The van der Waals surface area contributed by atoms with E-state index in [4.69, 9.17) is 90.0 Å². The van der Waals surface area contributed by atoms with Gasteiger partial charge < -0.3 is 90.0 Å². The largest absolute Gasteiger partial charge is 0.485 e. The zero-order valence-electron chi connectivity index (χ0n) is 59.0. The van der Waals surface area contributed by atoms with Crippen molar-refractivity contribution in [2.24, 2.45) is 0 Å². The van der Waals surface area contributed by atoms with Gasteiger partial charge in [-0.1, -0.05) is 212 Å². The molecule has 10 aromatic carbocycles. The van der Waals surface area contributed by atoms with Crippen LogP contribution in [-0.4, -0.2) is 111 Å². The zero-order chi connectivity index (χ0) is 73.5. The third-order valence-electron chi connectivity index (χ3n) is 16.3. The van der Waals surface area contributed by atoms with Crippen molar-refractivity contribution in [2.75, 3.05) is 62.2 Å². The molecule has 0 aromatic heterocycles. The van der Waals surface area contributed by atoms with Gasteiger partial charge in [0.1, 0.15) is 51.8 Å². The highest BCUT2D eigenvalue weighted by Gasteiger charge is 2.52. The maximum absolute atomic E-state index is 15.7. The first-order chi connectivity index (χ1) is 52.1. The van der Waals surface area contributed by atoms with Crippen LogP contribution in [0.1, 0.15) is 70.0 Å². The predicted molar refractivity (Wildman–Crippen MR) is 387 cm³/mol. The fourth-order valence-corrected chi connectivity index (χ4v) is 11.1. The smallest absolute Gasteiger partial charge is 0.340 e. The van der Waals surface area contributed by atoms with E-state index in [9.17, 15) is 0 Å². The van der Waals surface area contributed by atoms with E-state index in [2.05, 4.69) is 0 Å². The quantitative estimate of drug-likeness (QED) is 0.0198. The number of rotatable bonds is 40. The Morgan fingerprint density at radius 3 is 0.868 bits per heavy atom. The van der Waals surface area contributed by atoms with Gasteiger partial charge in [0.05, 0.1) is 29.9 Å². The monoisotopic (exact) mass is 1440 g/mol. The fourth-order valence-electron chi connectivity index (χ4n) is 11.1. The van der Waals surface area contributed by atoms with Crippen molar-refractivity contribution in [3.63, 3.8) is 0 Å². The second-order valence-electron chi connectivity index (χ2n) is 23.9. The summed E-state index contributed by atoms with van der Waals surface area (Å²) in [6.07, 6.45) is -7.85. The maximum Gasteiger partial charge on any atom is 0.340 e. The molecule has 0 aliphatic carbocycles. The van der Waals surface area contributed by atoms with Gasteiger partial charge in [-0.15, -0.1) is 0 Å². The number of hydrogen-bond acceptors (Lipinski definition) is 22. The van der Waals surface area contributed by atoms with Crippen LogP contribution in [0.5, 0.6) is 51.7 Å². The molecule has 0 bridgehead atoms. The molecular formula is C84H82O22. The summed E-state index contributed by atoms with van der Waals surface area (Å²) in [5.74, 6) is -1.98. The maximum atomic E-state index is 15.7. The summed E-state index contributed by atoms with van der Waals surface area (Å²) in [6.45, 7) is -1.64. The normalized spacial score (nSPS) is 15.3. The van der Waals surface area contributed by atoms with E-state index in [1.807, 2.05) is 212 Å². The second kappa shape index (κ2) is 40.0. The van der Waals surface area contributed by atoms with E-state index < -0.39 is 55.2 Å². The number of esters is 3. The molecule has 1 heterocycles. The van der Waals surface area contributed by atoms with Crippen molar-refractivity contribution in [1.29, 1.82) is 0 Å². The van der Waals surface area contributed by atoms with E-state index in [0.717, 1.165) is 27.8 Å². The van der Waals surface area contributed by atoms with Gasteiger partial charge in [0.15, 0.2) is 73.9 Å². The van der Waals surface area contributed by atoms with Crippen LogP contribution in [0.2, 0.25) is 0 Å². The fraction of sp³-hybridized carbons (Fsp3) is 0.250. The molecule has 11 rings (SSSR count). The van der Waals surface area contributed by atoms with E-state index in [1.165, 1.54) is 64.8 Å². The molecule has 1 saturated heterocycles. The van der Waals surface area contributed by atoms with Crippen molar-refractivity contribution < 1.29 is 104 Å². The second-order valence-corrected chi connectivity index (χ2v) is 23.9. The lowest BCUT2D eigenvalue weighted by molar-refractivity contribution is -0.304. The number of methoxy groups -OCH3 is 4. The van der Waals surface area contributed by atoms with Crippen LogP contribution in [0, 0.1) is 0 Å². The third-order valence-corrected chi connectivity index (χ3v) is 16.3. The first kappa shape index (κ1) is 75.7. The molecule has 0 saturated carbocycles. The lowest BCUT2D eigenvalue weighted by atomic mass is 9.97. The average molecular weight is 1440 g/mol. The molecule has 1 aliphatic heterocycles. The Labute approximate surface area is 614 Å². The van der Waals surface area contributed by atoms with Crippen LogP contribution in [0.15, 0.2) is 249 Å². The van der Waals surface area contributed by atoms with E-state index in [-0.39, 0.29) is 142 Å². The van der Waals surface area contributed by atoms with Gasteiger partial charge in [0.2, 0.25) is 23.5 Å². The van der Waals surface area contributed by atoms with Gasteiger partial charge in [-0.25, -0.2) is 14.4 Å². The van der Waals surface area contributed by atoms with Crippen LogP contribution >= 0.6 is 0 Å².